The number of pyridine rings is 4. The second-order valence-corrected chi connectivity index (χ2v) is 11.3. The summed E-state index contributed by atoms with van der Waals surface area (Å²) in [5.74, 6) is 1.13. The van der Waals surface area contributed by atoms with E-state index in [1.54, 1.807) is 12.4 Å². The van der Waals surface area contributed by atoms with E-state index in [2.05, 4.69) is 71.7 Å². The van der Waals surface area contributed by atoms with Gasteiger partial charge >= 0.3 is 21.1 Å². The van der Waals surface area contributed by atoms with E-state index in [9.17, 15) is 0 Å². The van der Waals surface area contributed by atoms with Crippen LogP contribution in [0.3, 0.4) is 0 Å². The number of benzene rings is 3. The van der Waals surface area contributed by atoms with Crippen LogP contribution in [-0.4, -0.2) is 28.7 Å². The summed E-state index contributed by atoms with van der Waals surface area (Å²) in [6, 6.07) is 27.3. The molecule has 0 spiro atoms. The first-order valence-corrected chi connectivity index (χ1v) is 14.5. The largest absolute Gasteiger partial charge is 2.00 e. The van der Waals surface area contributed by atoms with Gasteiger partial charge in [-0.15, -0.1) is 12.1 Å². The number of ether oxygens (including phenoxy) is 1. The topological polar surface area (TPSA) is 69.6 Å². The quantitative estimate of drug-likeness (QED) is 0.134. The van der Waals surface area contributed by atoms with Crippen molar-refractivity contribution in [1.82, 2.24) is 28.7 Å². The van der Waals surface area contributed by atoms with Crippen LogP contribution in [-0.2, 0) is 21.1 Å². The van der Waals surface area contributed by atoms with Crippen LogP contribution in [0.1, 0.15) is 16.7 Å². The van der Waals surface area contributed by atoms with Crippen molar-refractivity contribution in [1.29, 1.82) is 0 Å². The van der Waals surface area contributed by atoms with Crippen LogP contribution in [0.5, 0.6) is 11.5 Å². The minimum absolute atomic E-state index is 0. The fraction of sp³-hybridized carbons (Fsp3) is 0.0811. The molecule has 0 N–H and O–H groups in total. The van der Waals surface area contributed by atoms with Gasteiger partial charge in [0.15, 0.2) is 0 Å². The molecular formula is C37H24N6OPt. The molecule has 0 amide bonds. The van der Waals surface area contributed by atoms with E-state index >= 15 is 0 Å². The van der Waals surface area contributed by atoms with Gasteiger partial charge in [-0.3, -0.25) is 19.9 Å². The second kappa shape index (κ2) is 10.2. The molecule has 0 aliphatic rings. The van der Waals surface area contributed by atoms with Gasteiger partial charge in [0.1, 0.15) is 0 Å². The number of nitrogens with zero attached hydrogens (tertiary/aromatic N) is 6. The van der Waals surface area contributed by atoms with E-state index in [1.165, 1.54) is 16.7 Å². The zero-order valence-electron chi connectivity index (χ0n) is 24.6. The van der Waals surface area contributed by atoms with Crippen molar-refractivity contribution in [3.63, 3.8) is 0 Å². The molecule has 9 aromatic rings. The molecule has 9 rings (SSSR count). The van der Waals surface area contributed by atoms with E-state index in [-0.39, 0.29) is 21.1 Å². The number of aryl methyl sites for hydroxylation is 3. The molecule has 7 nitrogen and oxygen atoms in total. The summed E-state index contributed by atoms with van der Waals surface area (Å²) in [6.45, 7) is 6.41. The second-order valence-electron chi connectivity index (χ2n) is 11.3. The Balaban J connectivity index is 0.00000300. The first kappa shape index (κ1) is 27.4. The Morgan fingerprint density at radius 2 is 1.27 bits per heavy atom. The Morgan fingerprint density at radius 1 is 0.667 bits per heavy atom. The molecule has 8 heteroatoms. The summed E-state index contributed by atoms with van der Waals surface area (Å²) in [6.07, 6.45) is 9.47. The van der Waals surface area contributed by atoms with Gasteiger partial charge in [0.2, 0.25) is 0 Å². The van der Waals surface area contributed by atoms with E-state index in [0.717, 1.165) is 66.2 Å². The molecule has 6 aromatic heterocycles. The molecule has 6 heterocycles. The van der Waals surface area contributed by atoms with Gasteiger partial charge < -0.3 is 13.5 Å². The Labute approximate surface area is 272 Å². The van der Waals surface area contributed by atoms with Gasteiger partial charge in [0.25, 0.3) is 0 Å². The normalized spacial score (nSPS) is 11.7. The third-order valence-electron chi connectivity index (χ3n) is 8.39. The summed E-state index contributed by atoms with van der Waals surface area (Å²) in [7, 11) is 0. The van der Waals surface area contributed by atoms with Gasteiger partial charge in [0, 0.05) is 48.0 Å². The SMILES string of the molecule is Cc1cc(C)c(-c2cn3c4cccnc4c4ccc(Oc5[c-]c6c(cc5)c5ncccc5n5ccnc65)[c-]c4c3n2)c(C)c1.[Pt+2]. The first-order chi connectivity index (χ1) is 21.5. The number of hydrogen-bond acceptors (Lipinski definition) is 5. The molecule has 0 unspecified atom stereocenters. The summed E-state index contributed by atoms with van der Waals surface area (Å²) in [4.78, 5) is 19.2. The van der Waals surface area contributed by atoms with Crippen molar-refractivity contribution >= 4 is 54.9 Å². The van der Waals surface area contributed by atoms with Crippen molar-refractivity contribution in [3.8, 4) is 22.8 Å². The zero-order valence-corrected chi connectivity index (χ0v) is 26.8. The number of imidazole rings is 2. The van der Waals surface area contributed by atoms with Crippen LogP contribution in [0.15, 0.2) is 91.6 Å². The molecule has 0 radical (unpaired) electrons. The summed E-state index contributed by atoms with van der Waals surface area (Å²) >= 11 is 0. The molecule has 0 aliphatic carbocycles. The molecular weight excluding hydrogens is 740 g/mol. The predicted octanol–water partition coefficient (Wildman–Crippen LogP) is 8.37. The maximum Gasteiger partial charge on any atom is 2.00 e. The average molecular weight is 764 g/mol. The summed E-state index contributed by atoms with van der Waals surface area (Å²) in [5, 5.41) is 3.63. The van der Waals surface area contributed by atoms with E-state index in [1.807, 2.05) is 59.3 Å². The summed E-state index contributed by atoms with van der Waals surface area (Å²) < 4.78 is 10.6. The van der Waals surface area contributed by atoms with Crippen molar-refractivity contribution in [2.45, 2.75) is 20.8 Å². The maximum absolute atomic E-state index is 6.41. The van der Waals surface area contributed by atoms with Gasteiger partial charge in [-0.05, 0) is 56.2 Å². The fourth-order valence-electron chi connectivity index (χ4n) is 6.66. The van der Waals surface area contributed by atoms with Crippen LogP contribution in [0, 0.1) is 32.9 Å². The van der Waals surface area contributed by atoms with E-state index in [4.69, 9.17) is 14.7 Å². The van der Waals surface area contributed by atoms with Gasteiger partial charge in [-0.25, -0.2) is 0 Å². The Morgan fingerprint density at radius 3 is 1.91 bits per heavy atom. The third kappa shape index (κ3) is 4.15. The molecule has 0 saturated heterocycles. The van der Waals surface area contributed by atoms with Gasteiger partial charge in [-0.2, -0.15) is 0 Å². The zero-order chi connectivity index (χ0) is 29.5. The maximum atomic E-state index is 6.41. The van der Waals surface area contributed by atoms with Crippen molar-refractivity contribution in [2.24, 2.45) is 0 Å². The van der Waals surface area contributed by atoms with Crippen LogP contribution in [0.25, 0.3) is 66.2 Å². The molecule has 218 valence electrons. The Kier molecular flexibility index (Phi) is 6.22. The molecule has 0 bridgehead atoms. The van der Waals surface area contributed by atoms with E-state index < -0.39 is 0 Å². The number of fused-ring (bicyclic) bond motifs is 12. The number of aromatic nitrogens is 6. The van der Waals surface area contributed by atoms with Crippen molar-refractivity contribution < 1.29 is 25.8 Å². The minimum Gasteiger partial charge on any atom is -0.497 e. The third-order valence-corrected chi connectivity index (χ3v) is 8.39. The molecule has 0 aliphatic heterocycles. The number of hydrogen-bond donors (Lipinski definition) is 0. The smallest absolute Gasteiger partial charge is 0.497 e. The van der Waals surface area contributed by atoms with Gasteiger partial charge in [-0.1, -0.05) is 63.5 Å². The van der Waals surface area contributed by atoms with Gasteiger partial charge in [0.05, 0.1) is 39.1 Å². The van der Waals surface area contributed by atoms with E-state index in [0.29, 0.717) is 11.5 Å². The average Bonchev–Trinajstić information content (AvgIpc) is 3.70. The standard InChI is InChI=1S/C37H24N6O.Pt/c1-21-16-22(2)33(23(3)17-21)30-20-43-32-7-5-13-39-35(32)27-11-9-25(19-29(27)37(43)41-30)44-24-8-10-26-28(18-24)36-40-14-15-42(36)31-6-4-12-38-34(26)31;/h4-17,20H,1-3H3;/q-2;+2. The Bertz CT molecular complexity index is 2610. The van der Waals surface area contributed by atoms with Crippen LogP contribution >= 0.6 is 0 Å². The van der Waals surface area contributed by atoms with Crippen LogP contribution < -0.4 is 4.74 Å². The molecule has 45 heavy (non-hydrogen) atoms. The predicted molar refractivity (Wildman–Crippen MR) is 173 cm³/mol. The monoisotopic (exact) mass is 763 g/mol. The molecule has 3 aromatic carbocycles. The van der Waals surface area contributed by atoms with Crippen LogP contribution in [0.2, 0.25) is 0 Å². The fourth-order valence-corrected chi connectivity index (χ4v) is 6.66. The molecule has 0 atom stereocenters. The Hall–Kier alpha value is -5.13. The summed E-state index contributed by atoms with van der Waals surface area (Å²) in [5.41, 5.74) is 11.1. The molecule has 0 fully saturated rings. The first-order valence-electron chi connectivity index (χ1n) is 14.5. The number of rotatable bonds is 3. The van der Waals surface area contributed by atoms with Crippen molar-refractivity contribution in [3.05, 3.63) is 120 Å². The van der Waals surface area contributed by atoms with Crippen molar-refractivity contribution in [2.75, 3.05) is 0 Å². The van der Waals surface area contributed by atoms with Crippen LogP contribution in [0.4, 0.5) is 0 Å². The minimum atomic E-state index is 0. The molecule has 0 saturated carbocycles.